The van der Waals surface area contributed by atoms with Crippen LogP contribution in [0.25, 0.3) is 11.1 Å². The van der Waals surface area contributed by atoms with Gasteiger partial charge in [0, 0.05) is 11.5 Å². The molecule has 0 bridgehead atoms. The van der Waals surface area contributed by atoms with Crippen molar-refractivity contribution in [1.29, 1.82) is 0 Å². The van der Waals surface area contributed by atoms with Gasteiger partial charge >= 0.3 is 12.1 Å². The van der Waals surface area contributed by atoms with Gasteiger partial charge < -0.3 is 14.2 Å². The SMILES string of the molecule is CCCC1COC(c2cc(F)c(C(=O)Oc3ccc(-c4cc(F)c(C(F)(F)F)c(F)c4)cc3)c(F)c2)OC1. The molecule has 1 aliphatic rings. The molecule has 38 heavy (non-hydrogen) atoms. The summed E-state index contributed by atoms with van der Waals surface area (Å²) in [6.45, 7) is 2.76. The molecule has 0 saturated carbocycles. The first-order valence-corrected chi connectivity index (χ1v) is 11.6. The Morgan fingerprint density at radius 2 is 1.42 bits per heavy atom. The number of esters is 1. The number of hydrogen-bond acceptors (Lipinski definition) is 4. The van der Waals surface area contributed by atoms with E-state index in [1.807, 2.05) is 6.92 Å². The lowest BCUT2D eigenvalue weighted by atomic mass is 10.0. The molecule has 1 saturated heterocycles. The van der Waals surface area contributed by atoms with Crippen molar-refractivity contribution in [3.63, 3.8) is 0 Å². The molecule has 0 unspecified atom stereocenters. The maximum absolute atomic E-state index is 14.7. The second-order valence-corrected chi connectivity index (χ2v) is 8.74. The van der Waals surface area contributed by atoms with Crippen LogP contribution in [0.2, 0.25) is 0 Å². The average Bonchev–Trinajstić information content (AvgIpc) is 2.83. The summed E-state index contributed by atoms with van der Waals surface area (Å²) >= 11 is 0. The minimum atomic E-state index is -5.21. The van der Waals surface area contributed by atoms with Crippen LogP contribution in [0, 0.1) is 29.2 Å². The molecule has 11 heteroatoms. The topological polar surface area (TPSA) is 44.8 Å². The number of alkyl halides is 3. The Morgan fingerprint density at radius 3 is 1.92 bits per heavy atom. The van der Waals surface area contributed by atoms with E-state index >= 15 is 0 Å². The fourth-order valence-corrected chi connectivity index (χ4v) is 4.12. The number of rotatable bonds is 6. The fourth-order valence-electron chi connectivity index (χ4n) is 4.12. The molecule has 0 radical (unpaired) electrons. The van der Waals surface area contributed by atoms with Crippen LogP contribution in [-0.2, 0) is 15.7 Å². The Labute approximate surface area is 212 Å². The van der Waals surface area contributed by atoms with Gasteiger partial charge in [-0.05, 0) is 53.9 Å². The Bertz CT molecular complexity index is 1270. The Morgan fingerprint density at radius 1 is 0.868 bits per heavy atom. The molecule has 3 aromatic carbocycles. The molecule has 0 aromatic heterocycles. The Balaban J connectivity index is 1.47. The van der Waals surface area contributed by atoms with E-state index in [4.69, 9.17) is 14.2 Å². The molecular weight excluding hydrogens is 521 g/mol. The first-order valence-electron chi connectivity index (χ1n) is 11.6. The number of carbonyl (C=O) groups excluding carboxylic acids is 1. The summed E-state index contributed by atoms with van der Waals surface area (Å²) in [4.78, 5) is 12.5. The highest BCUT2D eigenvalue weighted by Gasteiger charge is 2.38. The second-order valence-electron chi connectivity index (χ2n) is 8.74. The molecule has 1 aliphatic heterocycles. The van der Waals surface area contributed by atoms with Crippen LogP contribution in [0.1, 0.15) is 47.5 Å². The smallest absolute Gasteiger partial charge is 0.422 e. The summed E-state index contributed by atoms with van der Waals surface area (Å²) in [6.07, 6.45) is -4.36. The Kier molecular flexibility index (Phi) is 8.08. The largest absolute Gasteiger partial charge is 0.423 e. The van der Waals surface area contributed by atoms with Crippen LogP contribution < -0.4 is 4.74 Å². The van der Waals surface area contributed by atoms with Crippen molar-refractivity contribution in [2.24, 2.45) is 5.92 Å². The predicted octanol–water partition coefficient (Wildman–Crippen LogP) is 7.61. The van der Waals surface area contributed by atoms with E-state index < -0.39 is 52.8 Å². The number of ether oxygens (including phenoxy) is 3. The van der Waals surface area contributed by atoms with Crippen LogP contribution in [0.5, 0.6) is 5.75 Å². The van der Waals surface area contributed by atoms with Gasteiger partial charge in [-0.25, -0.2) is 22.4 Å². The molecular formula is C27H21F7O4. The van der Waals surface area contributed by atoms with Crippen LogP contribution in [0.15, 0.2) is 48.5 Å². The fraction of sp³-hybridized carbons (Fsp3) is 0.296. The number of benzene rings is 3. The van der Waals surface area contributed by atoms with Crippen molar-refractivity contribution < 1.29 is 49.7 Å². The van der Waals surface area contributed by atoms with Gasteiger partial charge in [0.05, 0.1) is 13.2 Å². The molecule has 3 aromatic rings. The lowest BCUT2D eigenvalue weighted by molar-refractivity contribution is -0.206. The van der Waals surface area contributed by atoms with Crippen LogP contribution >= 0.6 is 0 Å². The zero-order valence-electron chi connectivity index (χ0n) is 19.9. The van der Waals surface area contributed by atoms with Crippen LogP contribution in [0.3, 0.4) is 0 Å². The lowest BCUT2D eigenvalue weighted by Gasteiger charge is -2.29. The minimum absolute atomic E-state index is 0.0619. The van der Waals surface area contributed by atoms with E-state index in [0.717, 1.165) is 37.1 Å². The van der Waals surface area contributed by atoms with Gasteiger partial charge in [0.15, 0.2) is 6.29 Å². The molecule has 1 heterocycles. The highest BCUT2D eigenvalue weighted by Crippen LogP contribution is 2.36. The first kappa shape index (κ1) is 27.6. The number of halogens is 7. The van der Waals surface area contributed by atoms with E-state index in [0.29, 0.717) is 25.3 Å². The monoisotopic (exact) mass is 542 g/mol. The van der Waals surface area contributed by atoms with Gasteiger partial charge in [0.1, 0.15) is 40.1 Å². The maximum atomic E-state index is 14.7. The standard InChI is InChI=1S/C27H21F7O4/c1-2-3-14-12-36-26(37-13-14)17-10-19(28)23(20(29)11-17)25(35)38-18-6-4-15(5-7-18)16-8-21(30)24(22(31)9-16)27(32,33)34/h4-11,14,26H,2-3,12-13H2,1H3. The van der Waals surface area contributed by atoms with Gasteiger partial charge in [-0.3, -0.25) is 0 Å². The van der Waals surface area contributed by atoms with E-state index in [1.165, 1.54) is 12.1 Å². The summed E-state index contributed by atoms with van der Waals surface area (Å²) in [6, 6.07) is 7.60. The van der Waals surface area contributed by atoms with Gasteiger partial charge in [-0.1, -0.05) is 25.5 Å². The van der Waals surface area contributed by atoms with Crippen molar-refractivity contribution in [1.82, 2.24) is 0 Å². The Hall–Kier alpha value is -3.44. The van der Waals surface area contributed by atoms with Gasteiger partial charge in [0.2, 0.25) is 0 Å². The quantitative estimate of drug-likeness (QED) is 0.183. The van der Waals surface area contributed by atoms with E-state index in [1.54, 1.807) is 0 Å². The summed E-state index contributed by atoms with van der Waals surface area (Å²) < 4.78 is 112. The molecule has 4 rings (SSSR count). The average molecular weight is 542 g/mol. The molecule has 202 valence electrons. The molecule has 4 nitrogen and oxygen atoms in total. The van der Waals surface area contributed by atoms with Crippen molar-refractivity contribution >= 4 is 5.97 Å². The number of carbonyl (C=O) groups is 1. The molecule has 0 aliphatic carbocycles. The molecule has 0 amide bonds. The summed E-state index contributed by atoms with van der Waals surface area (Å²) in [5.41, 5.74) is -3.00. The van der Waals surface area contributed by atoms with Gasteiger partial charge in [-0.2, -0.15) is 13.2 Å². The normalized spacial score (nSPS) is 17.9. The van der Waals surface area contributed by atoms with E-state index in [9.17, 15) is 35.5 Å². The highest BCUT2D eigenvalue weighted by molar-refractivity contribution is 5.91. The van der Waals surface area contributed by atoms with Crippen molar-refractivity contribution in [2.45, 2.75) is 32.2 Å². The van der Waals surface area contributed by atoms with Crippen molar-refractivity contribution in [3.05, 3.63) is 88.5 Å². The van der Waals surface area contributed by atoms with Crippen LogP contribution in [-0.4, -0.2) is 19.2 Å². The lowest BCUT2D eigenvalue weighted by Crippen LogP contribution is -2.27. The summed E-state index contributed by atoms with van der Waals surface area (Å²) in [5.74, 6) is -7.30. The second kappa shape index (κ2) is 11.1. The summed E-state index contributed by atoms with van der Waals surface area (Å²) in [7, 11) is 0. The maximum Gasteiger partial charge on any atom is 0.422 e. The molecule has 0 N–H and O–H groups in total. The zero-order valence-corrected chi connectivity index (χ0v) is 19.9. The molecule has 0 atom stereocenters. The van der Waals surface area contributed by atoms with Gasteiger partial charge in [0.25, 0.3) is 0 Å². The first-order chi connectivity index (χ1) is 18.0. The highest BCUT2D eigenvalue weighted by atomic mass is 19.4. The minimum Gasteiger partial charge on any atom is -0.423 e. The van der Waals surface area contributed by atoms with Gasteiger partial charge in [-0.15, -0.1) is 0 Å². The van der Waals surface area contributed by atoms with E-state index in [-0.39, 0.29) is 28.4 Å². The van der Waals surface area contributed by atoms with Crippen molar-refractivity contribution in [3.8, 4) is 16.9 Å². The summed E-state index contributed by atoms with van der Waals surface area (Å²) in [5, 5.41) is 0. The third-order valence-electron chi connectivity index (χ3n) is 5.93. The van der Waals surface area contributed by atoms with Crippen molar-refractivity contribution in [2.75, 3.05) is 13.2 Å². The molecule has 0 spiro atoms. The zero-order chi connectivity index (χ0) is 27.6. The van der Waals surface area contributed by atoms with E-state index in [2.05, 4.69) is 0 Å². The third kappa shape index (κ3) is 5.99. The number of hydrogen-bond donors (Lipinski definition) is 0. The predicted molar refractivity (Wildman–Crippen MR) is 121 cm³/mol. The van der Waals surface area contributed by atoms with Crippen LogP contribution in [0.4, 0.5) is 30.7 Å². The third-order valence-corrected chi connectivity index (χ3v) is 5.93. The molecule has 1 fully saturated rings.